The van der Waals surface area contributed by atoms with Gasteiger partial charge in [-0.2, -0.15) is 0 Å². The highest BCUT2D eigenvalue weighted by Crippen LogP contribution is 2.18. The zero-order valence-electron chi connectivity index (χ0n) is 13.2. The Labute approximate surface area is 131 Å². The van der Waals surface area contributed by atoms with Gasteiger partial charge in [0.15, 0.2) is 0 Å². The molecule has 4 heterocycles. The van der Waals surface area contributed by atoms with Gasteiger partial charge >= 0.3 is 0 Å². The summed E-state index contributed by atoms with van der Waals surface area (Å²) in [6, 6.07) is 4.44. The molecule has 22 heavy (non-hydrogen) atoms. The van der Waals surface area contributed by atoms with Gasteiger partial charge in [-0.15, -0.1) is 0 Å². The Hall–Kier alpha value is -1.59. The van der Waals surface area contributed by atoms with Gasteiger partial charge in [-0.1, -0.05) is 0 Å². The van der Waals surface area contributed by atoms with Gasteiger partial charge in [0, 0.05) is 63.3 Å². The van der Waals surface area contributed by atoms with Crippen molar-refractivity contribution in [1.82, 2.24) is 19.6 Å². The van der Waals surface area contributed by atoms with E-state index in [-0.39, 0.29) is 0 Å². The van der Waals surface area contributed by atoms with Crippen molar-refractivity contribution in [2.24, 2.45) is 0 Å². The molecule has 2 aliphatic heterocycles. The third kappa shape index (κ3) is 2.96. The lowest BCUT2D eigenvalue weighted by atomic mass is 10.3. The molecular formula is C17H25N5. The zero-order valence-corrected chi connectivity index (χ0v) is 13.2. The van der Waals surface area contributed by atoms with E-state index in [1.165, 1.54) is 37.3 Å². The normalized spacial score (nSPS) is 20.1. The van der Waals surface area contributed by atoms with Crippen LogP contribution in [0, 0.1) is 0 Å². The van der Waals surface area contributed by atoms with Gasteiger partial charge in [-0.25, -0.2) is 4.98 Å². The summed E-state index contributed by atoms with van der Waals surface area (Å²) >= 11 is 0. The highest BCUT2D eigenvalue weighted by Gasteiger charge is 2.13. The Balaban J connectivity index is 1.47. The third-order valence-corrected chi connectivity index (χ3v) is 4.86. The van der Waals surface area contributed by atoms with Crippen molar-refractivity contribution in [3.05, 3.63) is 30.2 Å². The summed E-state index contributed by atoms with van der Waals surface area (Å²) in [7, 11) is 0. The lowest BCUT2D eigenvalue weighted by molar-refractivity contribution is 0.342. The molecule has 0 bridgehead atoms. The predicted octanol–water partition coefficient (Wildman–Crippen LogP) is 1.38. The van der Waals surface area contributed by atoms with Crippen LogP contribution in [0.3, 0.4) is 0 Å². The maximum Gasteiger partial charge on any atom is 0.139 e. The van der Waals surface area contributed by atoms with Crippen molar-refractivity contribution in [3.8, 4) is 0 Å². The molecule has 0 atom stereocenters. The number of rotatable bonds is 4. The standard InChI is InChI=1S/C17H25N5/c1-2-8-20(7-1)9-3-15-14-22-10-4-16(13-17(22)19-15)21-11-5-18-6-12-21/h4,10,13-14,18H,1-3,5-9,11-12H2. The van der Waals surface area contributed by atoms with Crippen LogP contribution in [-0.4, -0.2) is 60.1 Å². The number of piperazine rings is 1. The summed E-state index contributed by atoms with van der Waals surface area (Å²) in [5.41, 5.74) is 3.59. The van der Waals surface area contributed by atoms with Crippen LogP contribution in [-0.2, 0) is 6.42 Å². The number of hydrogen-bond donors (Lipinski definition) is 1. The van der Waals surface area contributed by atoms with Crippen molar-refractivity contribution in [3.63, 3.8) is 0 Å². The number of aromatic nitrogens is 2. The topological polar surface area (TPSA) is 35.8 Å². The van der Waals surface area contributed by atoms with Crippen LogP contribution in [0.25, 0.3) is 5.65 Å². The van der Waals surface area contributed by atoms with Crippen LogP contribution in [0.1, 0.15) is 18.5 Å². The summed E-state index contributed by atoms with van der Waals surface area (Å²) in [4.78, 5) is 9.81. The summed E-state index contributed by atoms with van der Waals surface area (Å²) < 4.78 is 2.16. The monoisotopic (exact) mass is 299 g/mol. The first-order chi connectivity index (χ1) is 10.9. The average molecular weight is 299 g/mol. The van der Waals surface area contributed by atoms with Gasteiger partial charge in [-0.3, -0.25) is 0 Å². The van der Waals surface area contributed by atoms with Crippen LogP contribution < -0.4 is 10.2 Å². The highest BCUT2D eigenvalue weighted by molar-refractivity contribution is 5.57. The van der Waals surface area contributed by atoms with Crippen LogP contribution in [0.5, 0.6) is 0 Å². The number of pyridine rings is 1. The molecule has 2 aliphatic rings. The Morgan fingerprint density at radius 1 is 1.09 bits per heavy atom. The molecule has 2 aromatic heterocycles. The lowest BCUT2D eigenvalue weighted by Gasteiger charge is -2.29. The van der Waals surface area contributed by atoms with Crippen molar-refractivity contribution in [2.45, 2.75) is 19.3 Å². The molecule has 1 N–H and O–H groups in total. The smallest absolute Gasteiger partial charge is 0.139 e. The van der Waals surface area contributed by atoms with E-state index in [9.17, 15) is 0 Å². The molecule has 4 rings (SSSR count). The average Bonchev–Trinajstić information content (AvgIpc) is 3.22. The number of nitrogens with zero attached hydrogens (tertiary/aromatic N) is 4. The number of hydrogen-bond acceptors (Lipinski definition) is 4. The molecule has 5 heteroatoms. The maximum absolute atomic E-state index is 4.82. The van der Waals surface area contributed by atoms with Crippen LogP contribution in [0.15, 0.2) is 24.5 Å². The molecule has 2 fully saturated rings. The fraction of sp³-hybridized carbons (Fsp3) is 0.588. The summed E-state index contributed by atoms with van der Waals surface area (Å²) in [6.07, 6.45) is 8.12. The molecule has 5 nitrogen and oxygen atoms in total. The van der Waals surface area contributed by atoms with Crippen molar-refractivity contribution >= 4 is 11.3 Å². The second kappa shape index (κ2) is 6.26. The number of likely N-dealkylation sites (tertiary alicyclic amines) is 1. The molecule has 2 aromatic rings. The molecule has 0 radical (unpaired) electrons. The minimum absolute atomic E-state index is 1.06. The summed E-state index contributed by atoms with van der Waals surface area (Å²) in [5.74, 6) is 0. The van der Waals surface area contributed by atoms with Crippen molar-refractivity contribution in [1.29, 1.82) is 0 Å². The summed E-state index contributed by atoms with van der Waals surface area (Å²) in [5, 5.41) is 3.40. The SMILES string of the molecule is c1cn2cc(CCN3CCCC3)nc2cc1N1CCNCC1. The van der Waals surface area contributed by atoms with Gasteiger partial charge in [-0.05, 0) is 32.0 Å². The number of nitrogens with one attached hydrogen (secondary N) is 1. The van der Waals surface area contributed by atoms with E-state index in [1.807, 2.05) is 0 Å². The second-order valence-corrected chi connectivity index (χ2v) is 6.42. The quantitative estimate of drug-likeness (QED) is 0.925. The van der Waals surface area contributed by atoms with Gasteiger partial charge in [0.25, 0.3) is 0 Å². The first-order valence-corrected chi connectivity index (χ1v) is 8.54. The van der Waals surface area contributed by atoms with Crippen molar-refractivity contribution in [2.75, 3.05) is 50.7 Å². The van der Waals surface area contributed by atoms with E-state index in [1.54, 1.807) is 0 Å². The number of anilines is 1. The number of fused-ring (bicyclic) bond motifs is 1. The second-order valence-electron chi connectivity index (χ2n) is 6.42. The Kier molecular flexibility index (Phi) is 3.99. The van der Waals surface area contributed by atoms with Gasteiger partial charge in [0.2, 0.25) is 0 Å². The van der Waals surface area contributed by atoms with Crippen LogP contribution in [0.4, 0.5) is 5.69 Å². The van der Waals surface area contributed by atoms with Crippen LogP contribution in [0.2, 0.25) is 0 Å². The van der Waals surface area contributed by atoms with Crippen molar-refractivity contribution < 1.29 is 0 Å². The third-order valence-electron chi connectivity index (χ3n) is 4.86. The maximum atomic E-state index is 4.82. The fourth-order valence-electron chi connectivity index (χ4n) is 3.54. The van der Waals surface area contributed by atoms with Gasteiger partial charge < -0.3 is 19.5 Å². The van der Waals surface area contributed by atoms with Gasteiger partial charge in [0.1, 0.15) is 5.65 Å². The predicted molar refractivity (Wildman–Crippen MR) is 89.7 cm³/mol. The Bertz CT molecular complexity index is 623. The zero-order chi connectivity index (χ0) is 14.8. The molecule has 2 saturated heterocycles. The molecular weight excluding hydrogens is 274 g/mol. The molecule has 0 unspecified atom stereocenters. The molecule has 0 amide bonds. The van der Waals surface area contributed by atoms with E-state index in [0.717, 1.165) is 44.8 Å². The molecule has 0 spiro atoms. The van der Waals surface area contributed by atoms with E-state index in [4.69, 9.17) is 4.98 Å². The van der Waals surface area contributed by atoms with E-state index in [2.05, 4.69) is 44.0 Å². The van der Waals surface area contributed by atoms with Gasteiger partial charge in [0.05, 0.1) is 5.69 Å². The van der Waals surface area contributed by atoms with E-state index < -0.39 is 0 Å². The first kappa shape index (κ1) is 14.0. The number of imidazole rings is 1. The molecule has 0 saturated carbocycles. The lowest BCUT2D eigenvalue weighted by Crippen LogP contribution is -2.43. The molecule has 118 valence electrons. The Morgan fingerprint density at radius 3 is 2.73 bits per heavy atom. The minimum atomic E-state index is 1.06. The van der Waals surface area contributed by atoms with E-state index in [0.29, 0.717) is 0 Å². The van der Waals surface area contributed by atoms with Crippen LogP contribution >= 0.6 is 0 Å². The fourth-order valence-corrected chi connectivity index (χ4v) is 3.54. The minimum Gasteiger partial charge on any atom is -0.369 e. The largest absolute Gasteiger partial charge is 0.369 e. The molecule has 0 aliphatic carbocycles. The highest BCUT2D eigenvalue weighted by atomic mass is 15.2. The Morgan fingerprint density at radius 2 is 1.91 bits per heavy atom. The first-order valence-electron chi connectivity index (χ1n) is 8.54. The summed E-state index contributed by atoms with van der Waals surface area (Å²) in [6.45, 7) is 7.98. The molecule has 0 aromatic carbocycles. The van der Waals surface area contributed by atoms with E-state index >= 15 is 0 Å².